The molecule has 0 aromatic heterocycles. The van der Waals surface area contributed by atoms with E-state index in [1.165, 1.54) is 42.9 Å². The van der Waals surface area contributed by atoms with Crippen LogP contribution in [0.5, 0.6) is 0 Å². The van der Waals surface area contributed by atoms with E-state index < -0.39 is 0 Å². The van der Waals surface area contributed by atoms with Gasteiger partial charge in [-0.25, -0.2) is 4.39 Å². The second-order valence-electron chi connectivity index (χ2n) is 6.87. The number of hydrogen-bond donors (Lipinski definition) is 2. The number of benzene rings is 1. The van der Waals surface area contributed by atoms with E-state index in [-0.39, 0.29) is 12.0 Å². The maximum absolute atomic E-state index is 14.1. The summed E-state index contributed by atoms with van der Waals surface area (Å²) in [5.74, 6) is 0.954. The summed E-state index contributed by atoms with van der Waals surface area (Å²) in [7, 11) is 1.75. The lowest BCUT2D eigenvalue weighted by Gasteiger charge is -2.45. The Kier molecular flexibility index (Phi) is 3.64. The molecule has 1 aromatic rings. The number of halogens is 1. The van der Waals surface area contributed by atoms with Crippen molar-refractivity contribution in [1.29, 1.82) is 0 Å². The molecule has 1 unspecified atom stereocenters. The fraction of sp³-hybridized carbons (Fsp3) is 0.474. The van der Waals surface area contributed by atoms with E-state index in [2.05, 4.69) is 10.6 Å². The molecule has 1 aliphatic heterocycles. The lowest BCUT2D eigenvalue weighted by atomic mass is 9.65. The average molecular weight is 314 g/mol. The largest absolute Gasteiger partial charge is 0.361 e. The highest BCUT2D eigenvalue weighted by Gasteiger charge is 2.41. The first kappa shape index (κ1) is 14.8. The van der Waals surface area contributed by atoms with Gasteiger partial charge in [0.1, 0.15) is 12.0 Å². The molecule has 23 heavy (non-hydrogen) atoms. The van der Waals surface area contributed by atoms with Crippen molar-refractivity contribution < 1.29 is 9.13 Å². The van der Waals surface area contributed by atoms with Gasteiger partial charge in [0.05, 0.1) is 11.4 Å². The third kappa shape index (κ3) is 2.45. The van der Waals surface area contributed by atoms with Crippen LogP contribution < -0.4 is 10.6 Å². The number of dihydropyridines is 1. The fourth-order valence-electron chi connectivity index (χ4n) is 4.38. The molecule has 0 amide bonds. The molecule has 4 heteroatoms. The Balaban J connectivity index is 1.72. The number of ether oxygens (including phenoxy) is 1. The molecular formula is C19H23FN2O. The Bertz CT molecular complexity index is 687. The van der Waals surface area contributed by atoms with E-state index in [0.717, 1.165) is 11.3 Å². The number of hydrogen-bond acceptors (Lipinski definition) is 3. The molecule has 1 atom stereocenters. The maximum atomic E-state index is 14.1. The van der Waals surface area contributed by atoms with E-state index in [9.17, 15) is 4.39 Å². The molecule has 1 heterocycles. The zero-order valence-electron chi connectivity index (χ0n) is 13.7. The number of anilines is 1. The topological polar surface area (TPSA) is 33.3 Å². The monoisotopic (exact) mass is 314 g/mol. The average Bonchev–Trinajstić information content (AvgIpc) is 2.59. The Morgan fingerprint density at radius 1 is 1.17 bits per heavy atom. The molecule has 2 bridgehead atoms. The lowest BCUT2D eigenvalue weighted by molar-refractivity contribution is 0.0890. The first-order valence-electron chi connectivity index (χ1n) is 8.44. The Labute approximate surface area is 136 Å². The minimum absolute atomic E-state index is 0.0361. The zero-order chi connectivity index (χ0) is 16.0. The van der Waals surface area contributed by atoms with Gasteiger partial charge in [-0.15, -0.1) is 0 Å². The van der Waals surface area contributed by atoms with Crippen molar-refractivity contribution in [2.75, 3.05) is 12.4 Å². The van der Waals surface area contributed by atoms with Crippen LogP contribution in [-0.2, 0) is 4.74 Å². The fourth-order valence-corrected chi connectivity index (χ4v) is 4.38. The number of aryl methyl sites for hydroxylation is 1. The number of rotatable bonds is 3. The van der Waals surface area contributed by atoms with Crippen LogP contribution >= 0.6 is 0 Å². The third-order valence-corrected chi connectivity index (χ3v) is 5.46. The summed E-state index contributed by atoms with van der Waals surface area (Å²) >= 11 is 0. The van der Waals surface area contributed by atoms with Gasteiger partial charge in [-0.05, 0) is 73.3 Å². The predicted octanol–water partition coefficient (Wildman–Crippen LogP) is 4.08. The molecular weight excluding hydrogens is 291 g/mol. The first-order valence-corrected chi connectivity index (χ1v) is 8.44. The highest BCUT2D eigenvalue weighted by atomic mass is 19.1. The second-order valence-corrected chi connectivity index (χ2v) is 6.87. The predicted molar refractivity (Wildman–Crippen MR) is 89.2 cm³/mol. The molecule has 5 rings (SSSR count). The standard InChI is InChI=1S/C19H23FN2O/c1-11-3-8-14(20)15(9-11)22-16-10-21-19(23-2)18-13-6-4-12(5-7-13)17(16)18/h3,8-10,12-13,19,21-22H,4-7H2,1-2H3. The van der Waals surface area contributed by atoms with Crippen molar-refractivity contribution in [1.82, 2.24) is 5.32 Å². The van der Waals surface area contributed by atoms with Gasteiger partial charge in [0.15, 0.2) is 0 Å². The molecule has 1 saturated carbocycles. The quantitative estimate of drug-likeness (QED) is 0.882. The van der Waals surface area contributed by atoms with Crippen molar-refractivity contribution >= 4 is 5.69 Å². The van der Waals surface area contributed by atoms with E-state index in [1.807, 2.05) is 19.2 Å². The summed E-state index contributed by atoms with van der Waals surface area (Å²) in [6, 6.07) is 5.18. The van der Waals surface area contributed by atoms with Crippen molar-refractivity contribution in [3.8, 4) is 0 Å². The van der Waals surface area contributed by atoms with Crippen LogP contribution in [-0.4, -0.2) is 13.3 Å². The van der Waals surface area contributed by atoms with Crippen LogP contribution in [0.25, 0.3) is 0 Å². The van der Waals surface area contributed by atoms with Crippen LogP contribution in [0.1, 0.15) is 31.2 Å². The molecule has 1 aromatic carbocycles. The van der Waals surface area contributed by atoms with Gasteiger partial charge < -0.3 is 15.4 Å². The van der Waals surface area contributed by atoms with Crippen molar-refractivity contribution in [3.05, 3.63) is 52.6 Å². The van der Waals surface area contributed by atoms with Gasteiger partial charge in [0.2, 0.25) is 0 Å². The first-order chi connectivity index (χ1) is 11.2. The van der Waals surface area contributed by atoms with Crippen molar-refractivity contribution in [2.45, 2.75) is 38.8 Å². The highest BCUT2D eigenvalue weighted by Crippen LogP contribution is 2.50. The third-order valence-electron chi connectivity index (χ3n) is 5.46. The Morgan fingerprint density at radius 3 is 2.65 bits per heavy atom. The van der Waals surface area contributed by atoms with E-state index in [4.69, 9.17) is 4.74 Å². The number of allylic oxidation sites excluding steroid dienone is 1. The molecule has 0 saturated heterocycles. The lowest BCUT2D eigenvalue weighted by Crippen LogP contribution is -2.43. The van der Waals surface area contributed by atoms with Crippen LogP contribution in [0.2, 0.25) is 0 Å². The number of methoxy groups -OCH3 is 1. The minimum atomic E-state index is -0.214. The summed E-state index contributed by atoms with van der Waals surface area (Å²) in [4.78, 5) is 0. The van der Waals surface area contributed by atoms with Gasteiger partial charge in [-0.3, -0.25) is 0 Å². The zero-order valence-corrected chi connectivity index (χ0v) is 13.7. The van der Waals surface area contributed by atoms with Crippen LogP contribution in [0.3, 0.4) is 0 Å². The van der Waals surface area contributed by atoms with Gasteiger partial charge in [0.25, 0.3) is 0 Å². The smallest absolute Gasteiger partial charge is 0.150 e. The molecule has 4 aliphatic rings. The summed E-state index contributed by atoms with van der Waals surface area (Å²) in [6.45, 7) is 1.98. The summed E-state index contributed by atoms with van der Waals surface area (Å²) in [5, 5.41) is 6.66. The summed E-state index contributed by atoms with van der Waals surface area (Å²) < 4.78 is 19.8. The minimum Gasteiger partial charge on any atom is -0.361 e. The molecule has 122 valence electrons. The molecule has 1 fully saturated rings. The normalized spacial score (nSPS) is 29.0. The maximum Gasteiger partial charge on any atom is 0.150 e. The van der Waals surface area contributed by atoms with Gasteiger partial charge >= 0.3 is 0 Å². The van der Waals surface area contributed by atoms with E-state index >= 15 is 0 Å². The Morgan fingerprint density at radius 2 is 1.91 bits per heavy atom. The number of nitrogens with one attached hydrogen (secondary N) is 2. The molecule has 3 aliphatic carbocycles. The van der Waals surface area contributed by atoms with Gasteiger partial charge in [0, 0.05) is 13.3 Å². The van der Waals surface area contributed by atoms with Crippen molar-refractivity contribution in [3.63, 3.8) is 0 Å². The van der Waals surface area contributed by atoms with E-state index in [0.29, 0.717) is 17.5 Å². The van der Waals surface area contributed by atoms with Crippen LogP contribution in [0.4, 0.5) is 10.1 Å². The van der Waals surface area contributed by atoms with Gasteiger partial charge in [-0.2, -0.15) is 0 Å². The second kappa shape index (κ2) is 5.68. The Hall–Kier alpha value is -1.81. The van der Waals surface area contributed by atoms with Gasteiger partial charge in [-0.1, -0.05) is 6.07 Å². The van der Waals surface area contributed by atoms with Crippen LogP contribution in [0.15, 0.2) is 41.2 Å². The molecule has 2 N–H and O–H groups in total. The SMILES string of the molecule is COC1NC=C(Nc2cc(C)ccc2F)C2=C1C1CCC2CC1. The molecule has 0 spiro atoms. The highest BCUT2D eigenvalue weighted by molar-refractivity contribution is 5.59. The van der Waals surface area contributed by atoms with Crippen molar-refractivity contribution in [2.24, 2.45) is 11.8 Å². The molecule has 0 radical (unpaired) electrons. The summed E-state index contributed by atoms with van der Waals surface area (Å²) in [6.07, 6.45) is 6.87. The number of fused-ring (bicyclic) bond motifs is 2. The molecule has 3 nitrogen and oxygen atoms in total. The van der Waals surface area contributed by atoms with E-state index in [1.54, 1.807) is 13.2 Å². The van der Waals surface area contributed by atoms with Crippen LogP contribution in [0, 0.1) is 24.6 Å². The summed E-state index contributed by atoms with van der Waals surface area (Å²) in [5.41, 5.74) is 5.34.